The van der Waals surface area contributed by atoms with Crippen LogP contribution in [0, 0.1) is 0 Å². The first kappa shape index (κ1) is 23.5. The lowest BCUT2D eigenvalue weighted by Crippen LogP contribution is -2.27. The Bertz CT molecular complexity index is 1480. The number of anilines is 1. The fraction of sp³-hybridized carbons (Fsp3) is 0.273. The van der Waals surface area contributed by atoms with Crippen molar-refractivity contribution in [3.8, 4) is 5.69 Å². The van der Waals surface area contributed by atoms with E-state index in [0.29, 0.717) is 44.4 Å². The number of nitrogens with one attached hydrogen (secondary N) is 1. The molecule has 10 nitrogen and oxygen atoms in total. The van der Waals surface area contributed by atoms with Crippen molar-refractivity contribution >= 4 is 62.7 Å². The summed E-state index contributed by atoms with van der Waals surface area (Å²) in [5.41, 5.74) is 1.49. The Morgan fingerprint density at radius 3 is 2.83 bits per heavy atom. The number of halogens is 1. The molecule has 4 aromatic rings. The minimum absolute atomic E-state index is 0.0492. The normalized spacial score (nSPS) is 14.7. The lowest BCUT2D eigenvalue weighted by atomic mass is 10.2. The molecule has 13 heteroatoms. The summed E-state index contributed by atoms with van der Waals surface area (Å²) in [5.74, 6) is -0.0972. The maximum atomic E-state index is 13.3. The maximum Gasteiger partial charge on any atom is 0.311 e. The summed E-state index contributed by atoms with van der Waals surface area (Å²) in [6, 6.07) is 6.75. The number of thiazole rings is 1. The fourth-order valence-electron chi connectivity index (χ4n) is 3.74. The molecular formula is C22H19ClN6O4S2. The van der Waals surface area contributed by atoms with Crippen molar-refractivity contribution in [2.24, 2.45) is 0 Å². The number of carbonyl (C=O) groups excluding carboxylic acids is 2. The molecule has 0 fully saturated rings. The van der Waals surface area contributed by atoms with E-state index in [9.17, 15) is 14.4 Å². The van der Waals surface area contributed by atoms with E-state index in [1.54, 1.807) is 45.8 Å². The van der Waals surface area contributed by atoms with Gasteiger partial charge in [0.1, 0.15) is 5.39 Å². The molecule has 0 radical (unpaired) electrons. The highest BCUT2D eigenvalue weighted by Crippen LogP contribution is 2.33. The summed E-state index contributed by atoms with van der Waals surface area (Å²) in [7, 11) is 0. The van der Waals surface area contributed by atoms with Gasteiger partial charge in [0.2, 0.25) is 5.91 Å². The Balaban J connectivity index is 1.32. The Kier molecular flexibility index (Phi) is 6.58. The monoisotopic (exact) mass is 530 g/mol. The van der Waals surface area contributed by atoms with Gasteiger partial charge in [0.25, 0.3) is 5.56 Å². The first-order valence-corrected chi connectivity index (χ1v) is 13.0. The Labute approximate surface area is 212 Å². The van der Waals surface area contributed by atoms with Gasteiger partial charge in [-0.25, -0.2) is 14.6 Å². The van der Waals surface area contributed by atoms with Crippen LogP contribution in [0.3, 0.4) is 0 Å². The van der Waals surface area contributed by atoms with Gasteiger partial charge in [-0.2, -0.15) is 5.10 Å². The average molecular weight is 531 g/mol. The number of thioether (sulfide) groups is 1. The number of aromatic nitrogens is 5. The van der Waals surface area contributed by atoms with E-state index in [-0.39, 0.29) is 36.3 Å². The lowest BCUT2D eigenvalue weighted by Gasteiger charge is -2.12. The molecule has 0 saturated heterocycles. The quantitative estimate of drug-likeness (QED) is 0.285. The number of ether oxygens (including phenoxy) is 1. The lowest BCUT2D eigenvalue weighted by molar-refractivity contribution is -0.142. The number of hydrogen-bond acceptors (Lipinski definition) is 9. The van der Waals surface area contributed by atoms with E-state index in [0.717, 1.165) is 5.69 Å². The van der Waals surface area contributed by atoms with Gasteiger partial charge in [0.15, 0.2) is 15.9 Å². The largest absolute Gasteiger partial charge is 0.466 e. The molecule has 1 aromatic carbocycles. The number of rotatable bonds is 7. The Hall–Kier alpha value is -3.22. The van der Waals surface area contributed by atoms with E-state index in [1.807, 2.05) is 0 Å². The number of amides is 1. The molecule has 35 heavy (non-hydrogen) atoms. The van der Waals surface area contributed by atoms with Gasteiger partial charge in [0.05, 0.1) is 36.6 Å². The molecule has 0 saturated carbocycles. The van der Waals surface area contributed by atoms with Crippen LogP contribution < -0.4 is 10.9 Å². The van der Waals surface area contributed by atoms with Gasteiger partial charge >= 0.3 is 5.97 Å². The molecule has 1 aliphatic rings. The third-order valence-corrected chi connectivity index (χ3v) is 7.45. The number of carbonyl (C=O) groups is 2. The molecular weight excluding hydrogens is 512 g/mol. The van der Waals surface area contributed by atoms with Crippen LogP contribution in [0.15, 0.2) is 45.8 Å². The Morgan fingerprint density at radius 2 is 2.06 bits per heavy atom. The Morgan fingerprint density at radius 1 is 1.26 bits per heavy atom. The van der Waals surface area contributed by atoms with E-state index >= 15 is 0 Å². The zero-order valence-corrected chi connectivity index (χ0v) is 20.8. The van der Waals surface area contributed by atoms with E-state index in [1.165, 1.54) is 29.3 Å². The van der Waals surface area contributed by atoms with Crippen molar-refractivity contribution in [1.82, 2.24) is 24.3 Å². The molecule has 1 unspecified atom stereocenters. The van der Waals surface area contributed by atoms with Crippen molar-refractivity contribution < 1.29 is 14.3 Å². The van der Waals surface area contributed by atoms with Gasteiger partial charge in [-0.1, -0.05) is 23.4 Å². The molecule has 1 N–H and O–H groups in total. The molecule has 4 heterocycles. The molecule has 180 valence electrons. The highest BCUT2D eigenvalue weighted by atomic mass is 35.5. The number of nitrogens with zero attached hydrogens (tertiary/aromatic N) is 5. The molecule has 1 aliphatic heterocycles. The van der Waals surface area contributed by atoms with Gasteiger partial charge < -0.3 is 10.1 Å². The summed E-state index contributed by atoms with van der Waals surface area (Å²) in [6.45, 7) is 2.04. The molecule has 5 rings (SSSR count). The predicted molar refractivity (Wildman–Crippen MR) is 134 cm³/mol. The molecule has 1 amide bonds. The van der Waals surface area contributed by atoms with Gasteiger partial charge in [0, 0.05) is 22.6 Å². The van der Waals surface area contributed by atoms with E-state index < -0.39 is 0 Å². The van der Waals surface area contributed by atoms with Crippen LogP contribution in [-0.2, 0) is 20.7 Å². The predicted octanol–water partition coefficient (Wildman–Crippen LogP) is 3.47. The number of hydrogen-bond donors (Lipinski definition) is 1. The summed E-state index contributed by atoms with van der Waals surface area (Å²) in [6.07, 6.45) is 1.63. The second kappa shape index (κ2) is 9.80. The molecule has 1 atom stereocenters. The van der Waals surface area contributed by atoms with Gasteiger partial charge in [-0.05, 0) is 31.2 Å². The van der Waals surface area contributed by atoms with Crippen molar-refractivity contribution in [3.05, 3.63) is 56.9 Å². The molecule has 3 aromatic heterocycles. The van der Waals surface area contributed by atoms with Crippen LogP contribution in [0.5, 0.6) is 0 Å². The number of esters is 1. The number of fused-ring (bicyclic) bond motifs is 2. The van der Waals surface area contributed by atoms with Crippen LogP contribution in [0.2, 0.25) is 5.02 Å². The minimum Gasteiger partial charge on any atom is -0.466 e. The third kappa shape index (κ3) is 4.81. The van der Waals surface area contributed by atoms with Gasteiger partial charge in [-0.15, -0.1) is 11.3 Å². The summed E-state index contributed by atoms with van der Waals surface area (Å²) < 4.78 is 8.08. The highest BCUT2D eigenvalue weighted by molar-refractivity contribution is 7.99. The smallest absolute Gasteiger partial charge is 0.311 e. The van der Waals surface area contributed by atoms with Crippen molar-refractivity contribution in [1.29, 1.82) is 0 Å². The molecule has 0 aliphatic carbocycles. The van der Waals surface area contributed by atoms with E-state index in [4.69, 9.17) is 16.3 Å². The minimum atomic E-state index is -0.368. The van der Waals surface area contributed by atoms with E-state index in [2.05, 4.69) is 20.4 Å². The fourth-order valence-corrected chi connectivity index (χ4v) is 5.72. The van der Waals surface area contributed by atoms with Crippen LogP contribution in [-0.4, -0.2) is 48.6 Å². The topological polar surface area (TPSA) is 121 Å². The van der Waals surface area contributed by atoms with Crippen molar-refractivity contribution in [3.63, 3.8) is 0 Å². The standard InChI is InChI=1S/C22H19ClN6O4S2/c1-2-33-18(31)7-13-10-34-21(25-13)26-17(30)8-15-11-35-22-27-19-16(20(32)28(15)22)9-24-29(19)14-5-3-12(23)4-6-14/h3-6,9-10,15H,2,7-8,11H2,1H3,(H,25,26,30). The maximum absolute atomic E-state index is 13.3. The molecule has 0 spiro atoms. The second-order valence-electron chi connectivity index (χ2n) is 7.68. The molecule has 0 bridgehead atoms. The third-order valence-electron chi connectivity index (χ3n) is 5.29. The van der Waals surface area contributed by atoms with Crippen LogP contribution in [0.1, 0.15) is 25.1 Å². The van der Waals surface area contributed by atoms with Crippen LogP contribution in [0.4, 0.5) is 5.13 Å². The summed E-state index contributed by atoms with van der Waals surface area (Å²) in [5, 5.41) is 10.7. The highest BCUT2D eigenvalue weighted by Gasteiger charge is 2.30. The van der Waals surface area contributed by atoms with Crippen LogP contribution >= 0.6 is 34.7 Å². The second-order valence-corrected chi connectivity index (χ2v) is 9.96. The zero-order chi connectivity index (χ0) is 24.5. The van der Waals surface area contributed by atoms with Crippen LogP contribution in [0.25, 0.3) is 16.7 Å². The first-order valence-electron chi connectivity index (χ1n) is 10.7. The van der Waals surface area contributed by atoms with Crippen molar-refractivity contribution in [2.75, 3.05) is 17.7 Å². The zero-order valence-electron chi connectivity index (χ0n) is 18.4. The number of benzene rings is 1. The first-order chi connectivity index (χ1) is 16.9. The summed E-state index contributed by atoms with van der Waals surface area (Å²) in [4.78, 5) is 46.5. The van der Waals surface area contributed by atoms with Gasteiger partial charge in [-0.3, -0.25) is 19.0 Å². The summed E-state index contributed by atoms with van der Waals surface area (Å²) >= 11 is 8.63. The SMILES string of the molecule is CCOC(=O)Cc1csc(NC(=O)CC2CSc3nc4c(cnn4-c4ccc(Cl)cc4)c(=O)n32)n1. The average Bonchev–Trinajstić information content (AvgIpc) is 3.54. The van der Waals surface area contributed by atoms with Crippen molar-refractivity contribution in [2.45, 2.75) is 31.0 Å².